The van der Waals surface area contributed by atoms with Gasteiger partial charge in [-0.1, -0.05) is 13.8 Å². The molecule has 26 heavy (non-hydrogen) atoms. The molecular weight excluding hydrogens is 346 g/mol. The van der Waals surface area contributed by atoms with Crippen LogP contribution in [-0.2, 0) is 14.4 Å². The average Bonchev–Trinajstić information content (AvgIpc) is 2.92. The predicted octanol–water partition coefficient (Wildman–Crippen LogP) is 2.28. The van der Waals surface area contributed by atoms with Gasteiger partial charge in [0.05, 0.1) is 18.0 Å². The molecule has 1 aromatic carbocycles. The maximum atomic E-state index is 13.9. The van der Waals surface area contributed by atoms with E-state index >= 15 is 0 Å². The topological polar surface area (TPSA) is 77.9 Å². The lowest BCUT2D eigenvalue weighted by atomic mass is 10.1. The average molecular weight is 368 g/mol. The SMILES string of the molecule is CC(C)CN(CCC(=O)O)C(=O)C1CC(=O)N(c2ccc(F)cc2F)C1. The molecule has 1 aromatic rings. The summed E-state index contributed by atoms with van der Waals surface area (Å²) in [6.07, 6.45) is -0.271. The normalized spacial score (nSPS) is 17.0. The Hall–Kier alpha value is -2.51. The van der Waals surface area contributed by atoms with E-state index in [1.807, 2.05) is 13.8 Å². The third-order valence-corrected chi connectivity index (χ3v) is 4.17. The Kier molecular flexibility index (Phi) is 6.28. The van der Waals surface area contributed by atoms with Crippen LogP contribution in [0.5, 0.6) is 0 Å². The molecule has 8 heteroatoms. The van der Waals surface area contributed by atoms with Crippen LogP contribution >= 0.6 is 0 Å². The van der Waals surface area contributed by atoms with Crippen molar-refractivity contribution in [1.82, 2.24) is 4.90 Å². The number of hydrogen-bond donors (Lipinski definition) is 1. The van der Waals surface area contributed by atoms with E-state index in [0.29, 0.717) is 12.6 Å². The first-order chi connectivity index (χ1) is 12.2. The fraction of sp³-hybridized carbons (Fsp3) is 0.500. The van der Waals surface area contributed by atoms with Crippen molar-refractivity contribution in [2.24, 2.45) is 11.8 Å². The van der Waals surface area contributed by atoms with E-state index in [9.17, 15) is 23.2 Å². The molecule has 1 atom stereocenters. The molecule has 0 spiro atoms. The molecule has 2 rings (SSSR count). The summed E-state index contributed by atoms with van der Waals surface area (Å²) in [7, 11) is 0. The van der Waals surface area contributed by atoms with Crippen LogP contribution in [0.15, 0.2) is 18.2 Å². The van der Waals surface area contributed by atoms with Gasteiger partial charge in [0.15, 0.2) is 0 Å². The Labute approximate surface area is 150 Å². The molecule has 1 aliphatic rings. The number of benzene rings is 1. The van der Waals surface area contributed by atoms with Crippen molar-refractivity contribution in [1.29, 1.82) is 0 Å². The van der Waals surface area contributed by atoms with Crippen molar-refractivity contribution >= 4 is 23.5 Å². The molecule has 1 saturated heterocycles. The van der Waals surface area contributed by atoms with Crippen molar-refractivity contribution in [3.63, 3.8) is 0 Å². The first-order valence-corrected chi connectivity index (χ1v) is 8.45. The lowest BCUT2D eigenvalue weighted by molar-refractivity contribution is -0.140. The standard InChI is InChI=1S/C18H22F2N2O4/c1-11(2)9-21(6-5-17(24)25)18(26)12-7-16(23)22(10-12)15-4-3-13(19)8-14(15)20/h3-4,8,11-12H,5-7,9-10H2,1-2H3,(H,24,25). The molecule has 1 heterocycles. The minimum Gasteiger partial charge on any atom is -0.481 e. The quantitative estimate of drug-likeness (QED) is 0.801. The zero-order valence-corrected chi connectivity index (χ0v) is 14.7. The van der Waals surface area contributed by atoms with Gasteiger partial charge in [-0.3, -0.25) is 14.4 Å². The maximum Gasteiger partial charge on any atom is 0.305 e. The molecule has 1 fully saturated rings. The molecule has 0 bridgehead atoms. The fourth-order valence-electron chi connectivity index (χ4n) is 3.03. The highest BCUT2D eigenvalue weighted by Crippen LogP contribution is 2.29. The van der Waals surface area contributed by atoms with Gasteiger partial charge in [-0.15, -0.1) is 0 Å². The van der Waals surface area contributed by atoms with Crippen LogP contribution in [-0.4, -0.2) is 47.4 Å². The maximum absolute atomic E-state index is 13.9. The van der Waals surface area contributed by atoms with Gasteiger partial charge in [0.2, 0.25) is 11.8 Å². The fourth-order valence-corrected chi connectivity index (χ4v) is 3.03. The molecule has 1 unspecified atom stereocenters. The summed E-state index contributed by atoms with van der Waals surface area (Å²) in [6.45, 7) is 4.23. The lowest BCUT2D eigenvalue weighted by Gasteiger charge is -2.26. The highest BCUT2D eigenvalue weighted by atomic mass is 19.1. The minimum atomic E-state index is -1.01. The largest absolute Gasteiger partial charge is 0.481 e. The zero-order chi connectivity index (χ0) is 19.4. The highest BCUT2D eigenvalue weighted by molar-refractivity contribution is 6.00. The Morgan fingerprint density at radius 3 is 2.62 bits per heavy atom. The number of aliphatic carboxylic acids is 1. The Morgan fingerprint density at radius 2 is 2.04 bits per heavy atom. The van der Waals surface area contributed by atoms with Crippen molar-refractivity contribution in [3.05, 3.63) is 29.8 Å². The van der Waals surface area contributed by atoms with Gasteiger partial charge >= 0.3 is 5.97 Å². The van der Waals surface area contributed by atoms with E-state index in [0.717, 1.165) is 11.0 Å². The van der Waals surface area contributed by atoms with Gasteiger partial charge in [0, 0.05) is 32.1 Å². The Morgan fingerprint density at radius 1 is 1.35 bits per heavy atom. The summed E-state index contributed by atoms with van der Waals surface area (Å²) in [5.41, 5.74) is -0.0624. The van der Waals surface area contributed by atoms with Gasteiger partial charge in [-0.2, -0.15) is 0 Å². The zero-order valence-electron chi connectivity index (χ0n) is 14.7. The number of hydrogen-bond acceptors (Lipinski definition) is 3. The first kappa shape index (κ1) is 19.8. The lowest BCUT2D eigenvalue weighted by Crippen LogP contribution is -2.40. The summed E-state index contributed by atoms with van der Waals surface area (Å²) >= 11 is 0. The predicted molar refractivity (Wildman–Crippen MR) is 90.5 cm³/mol. The van der Waals surface area contributed by atoms with E-state index in [4.69, 9.17) is 5.11 Å². The molecule has 0 aliphatic carbocycles. The number of carboxylic acids is 1. The Bertz CT molecular complexity index is 708. The third kappa shape index (κ3) is 4.77. The van der Waals surface area contributed by atoms with Crippen molar-refractivity contribution in [2.75, 3.05) is 24.5 Å². The number of carbonyl (C=O) groups excluding carboxylic acids is 2. The van der Waals surface area contributed by atoms with E-state index in [2.05, 4.69) is 0 Å². The minimum absolute atomic E-state index is 0.0120. The molecule has 6 nitrogen and oxygen atoms in total. The van der Waals surface area contributed by atoms with Crippen LogP contribution in [0, 0.1) is 23.5 Å². The monoisotopic (exact) mass is 368 g/mol. The van der Waals surface area contributed by atoms with E-state index in [1.54, 1.807) is 0 Å². The van der Waals surface area contributed by atoms with Gasteiger partial charge in [-0.25, -0.2) is 8.78 Å². The second-order valence-electron chi connectivity index (χ2n) is 6.82. The number of halogens is 2. The summed E-state index contributed by atoms with van der Waals surface area (Å²) in [5, 5.41) is 8.86. The van der Waals surface area contributed by atoms with Crippen LogP contribution in [0.25, 0.3) is 0 Å². The number of rotatable bonds is 7. The van der Waals surface area contributed by atoms with E-state index in [1.165, 1.54) is 11.0 Å². The van der Waals surface area contributed by atoms with Crippen molar-refractivity contribution < 1.29 is 28.3 Å². The molecule has 1 aliphatic heterocycles. The van der Waals surface area contributed by atoms with E-state index < -0.39 is 29.4 Å². The van der Waals surface area contributed by atoms with Crippen LogP contribution in [0.3, 0.4) is 0 Å². The van der Waals surface area contributed by atoms with Crippen molar-refractivity contribution in [2.45, 2.75) is 26.7 Å². The van der Waals surface area contributed by atoms with Gasteiger partial charge in [0.1, 0.15) is 11.6 Å². The molecule has 1 N–H and O–H groups in total. The van der Waals surface area contributed by atoms with Crippen LogP contribution in [0.2, 0.25) is 0 Å². The highest BCUT2D eigenvalue weighted by Gasteiger charge is 2.38. The van der Waals surface area contributed by atoms with E-state index in [-0.39, 0.29) is 43.4 Å². The van der Waals surface area contributed by atoms with Crippen LogP contribution in [0.1, 0.15) is 26.7 Å². The summed E-state index contributed by atoms with van der Waals surface area (Å²) in [4.78, 5) is 38.4. The number of anilines is 1. The number of carboxylic acid groups (broad SMARTS) is 1. The second kappa shape index (κ2) is 8.25. The molecule has 0 aromatic heterocycles. The van der Waals surface area contributed by atoms with Crippen molar-refractivity contribution in [3.8, 4) is 0 Å². The number of carbonyl (C=O) groups is 3. The van der Waals surface area contributed by atoms with Gasteiger partial charge in [-0.05, 0) is 18.1 Å². The second-order valence-corrected chi connectivity index (χ2v) is 6.82. The first-order valence-electron chi connectivity index (χ1n) is 8.45. The molecule has 2 amide bonds. The molecular formula is C18H22F2N2O4. The smallest absolute Gasteiger partial charge is 0.305 e. The third-order valence-electron chi connectivity index (χ3n) is 4.17. The van der Waals surface area contributed by atoms with Crippen LogP contribution in [0.4, 0.5) is 14.5 Å². The molecule has 142 valence electrons. The summed E-state index contributed by atoms with van der Waals surface area (Å²) in [5.74, 6) is -3.91. The van der Waals surface area contributed by atoms with Gasteiger partial charge in [0.25, 0.3) is 0 Å². The number of nitrogens with zero attached hydrogens (tertiary/aromatic N) is 2. The molecule has 0 radical (unpaired) electrons. The Balaban J connectivity index is 2.13. The molecule has 0 saturated carbocycles. The summed E-state index contributed by atoms with van der Waals surface area (Å²) < 4.78 is 27.0. The van der Waals surface area contributed by atoms with Crippen LogP contribution < -0.4 is 4.90 Å². The van der Waals surface area contributed by atoms with Gasteiger partial charge < -0.3 is 14.9 Å². The number of amides is 2. The summed E-state index contributed by atoms with van der Waals surface area (Å²) in [6, 6.07) is 2.92.